The summed E-state index contributed by atoms with van der Waals surface area (Å²) in [5.74, 6) is -1.57. The molecule has 0 radical (unpaired) electrons. The summed E-state index contributed by atoms with van der Waals surface area (Å²) in [6.45, 7) is 0. The van der Waals surface area contributed by atoms with Crippen molar-refractivity contribution < 1.29 is 9.59 Å². The van der Waals surface area contributed by atoms with E-state index < -0.39 is 10.7 Å². The lowest BCUT2D eigenvalue weighted by Gasteiger charge is -2.19. The number of allylic oxidation sites excluding steroid dienone is 2. The molecule has 0 bridgehead atoms. The first kappa shape index (κ1) is 13.6. The molecule has 7 heteroatoms. The maximum atomic E-state index is 11.7. The molecule has 4 nitrogen and oxygen atoms in total. The van der Waals surface area contributed by atoms with Gasteiger partial charge in [0.1, 0.15) is 10.7 Å². The van der Waals surface area contributed by atoms with Crippen LogP contribution >= 0.6 is 34.8 Å². The summed E-state index contributed by atoms with van der Waals surface area (Å²) in [4.78, 5) is 21.8. The van der Waals surface area contributed by atoms with Gasteiger partial charge in [-0.15, -0.1) is 34.8 Å². The van der Waals surface area contributed by atoms with Crippen molar-refractivity contribution >= 4 is 46.6 Å². The molecule has 0 aliphatic heterocycles. The van der Waals surface area contributed by atoms with Gasteiger partial charge in [0.25, 0.3) is 5.91 Å². The Hall–Kier alpha value is -0.450. The summed E-state index contributed by atoms with van der Waals surface area (Å²) in [5.41, 5.74) is 4.46. The van der Waals surface area contributed by atoms with Gasteiger partial charge in [-0.2, -0.15) is 0 Å². The number of nitrogens with one attached hydrogen (secondary N) is 2. The van der Waals surface area contributed by atoms with E-state index in [1.54, 1.807) is 6.08 Å². The largest absolute Gasteiger partial charge is 0.273 e. The van der Waals surface area contributed by atoms with Crippen LogP contribution < -0.4 is 10.9 Å². The molecule has 2 amide bonds. The third-order valence-electron chi connectivity index (χ3n) is 2.29. The Labute approximate surface area is 108 Å². The minimum Gasteiger partial charge on any atom is -0.273 e. The molecule has 0 saturated heterocycles. The first-order valence-electron chi connectivity index (χ1n) is 4.65. The van der Waals surface area contributed by atoms with Crippen LogP contribution in [-0.2, 0) is 9.59 Å². The third kappa shape index (κ3) is 3.54. The van der Waals surface area contributed by atoms with Gasteiger partial charge in [0.2, 0.25) is 5.91 Å². The van der Waals surface area contributed by atoms with Crippen molar-refractivity contribution in [3.05, 3.63) is 12.2 Å². The van der Waals surface area contributed by atoms with Gasteiger partial charge in [-0.3, -0.25) is 20.4 Å². The zero-order valence-electron chi connectivity index (χ0n) is 8.25. The van der Waals surface area contributed by atoms with Crippen LogP contribution in [0.15, 0.2) is 12.2 Å². The van der Waals surface area contributed by atoms with Gasteiger partial charge in [0, 0.05) is 5.92 Å². The summed E-state index contributed by atoms with van der Waals surface area (Å²) < 4.78 is 0. The quantitative estimate of drug-likeness (QED) is 0.467. The minimum atomic E-state index is -0.641. The number of hydrazine groups is 1. The van der Waals surface area contributed by atoms with Gasteiger partial charge in [0.15, 0.2) is 0 Å². The Morgan fingerprint density at radius 2 is 2.06 bits per heavy atom. The molecule has 0 aromatic carbocycles. The number of rotatable bonds is 3. The second-order valence-electron chi connectivity index (χ2n) is 3.35. The van der Waals surface area contributed by atoms with Gasteiger partial charge in [0.05, 0.1) is 5.92 Å². The van der Waals surface area contributed by atoms with E-state index in [2.05, 4.69) is 10.9 Å². The van der Waals surface area contributed by atoms with Crippen LogP contribution in [0.1, 0.15) is 6.42 Å². The molecule has 2 atom stereocenters. The first-order chi connectivity index (χ1) is 7.56. The van der Waals surface area contributed by atoms with E-state index in [4.69, 9.17) is 34.8 Å². The molecule has 0 unspecified atom stereocenters. The number of carbonyl (C=O) groups is 2. The van der Waals surface area contributed by atoms with E-state index in [9.17, 15) is 9.59 Å². The molecular weight excluding hydrogens is 274 g/mol. The number of carbonyl (C=O) groups excluding carboxylic acids is 2. The normalized spacial score (nSPS) is 23.5. The number of hydrogen-bond acceptors (Lipinski definition) is 2. The van der Waals surface area contributed by atoms with Crippen molar-refractivity contribution in [2.75, 3.05) is 5.88 Å². The molecule has 0 saturated carbocycles. The van der Waals surface area contributed by atoms with Gasteiger partial charge >= 0.3 is 0 Å². The van der Waals surface area contributed by atoms with E-state index >= 15 is 0 Å². The van der Waals surface area contributed by atoms with Crippen LogP contribution in [0.4, 0.5) is 0 Å². The van der Waals surface area contributed by atoms with Crippen LogP contribution in [0.3, 0.4) is 0 Å². The molecule has 16 heavy (non-hydrogen) atoms. The van der Waals surface area contributed by atoms with E-state index in [1.165, 1.54) is 0 Å². The summed E-state index contributed by atoms with van der Waals surface area (Å²) >= 11 is 16.7. The topological polar surface area (TPSA) is 58.2 Å². The zero-order chi connectivity index (χ0) is 12.1. The maximum Gasteiger partial charge on any atom is 0.253 e. The van der Waals surface area contributed by atoms with Crippen molar-refractivity contribution in [2.45, 2.75) is 11.3 Å². The summed E-state index contributed by atoms with van der Waals surface area (Å²) in [6, 6.07) is 0. The summed E-state index contributed by atoms with van der Waals surface area (Å²) in [5, 5.41) is 0. The summed E-state index contributed by atoms with van der Waals surface area (Å²) in [7, 11) is 0. The molecule has 90 valence electrons. The van der Waals surface area contributed by atoms with Crippen LogP contribution in [-0.4, -0.2) is 22.5 Å². The molecular formula is C9H11Cl3N2O2. The smallest absolute Gasteiger partial charge is 0.253 e. The monoisotopic (exact) mass is 284 g/mol. The van der Waals surface area contributed by atoms with Crippen LogP contribution in [0.2, 0.25) is 0 Å². The van der Waals surface area contributed by atoms with Crippen LogP contribution in [0.25, 0.3) is 0 Å². The minimum absolute atomic E-state index is 0.208. The highest BCUT2D eigenvalue weighted by Crippen LogP contribution is 2.32. The highest BCUT2D eigenvalue weighted by Gasteiger charge is 2.33. The molecule has 0 aromatic rings. The molecule has 1 aliphatic carbocycles. The van der Waals surface area contributed by atoms with Crippen molar-refractivity contribution in [2.24, 2.45) is 11.8 Å². The van der Waals surface area contributed by atoms with Crippen molar-refractivity contribution in [1.82, 2.24) is 10.9 Å². The van der Waals surface area contributed by atoms with E-state index in [0.717, 1.165) is 0 Å². The lowest BCUT2D eigenvalue weighted by atomic mass is 9.96. The molecule has 1 aliphatic rings. The van der Waals surface area contributed by atoms with Crippen molar-refractivity contribution in [3.63, 3.8) is 0 Å². The molecule has 2 N–H and O–H groups in total. The highest BCUT2D eigenvalue weighted by molar-refractivity contribution is 6.44. The van der Waals surface area contributed by atoms with Crippen LogP contribution in [0, 0.1) is 11.8 Å². The Bertz CT molecular complexity index is 307. The fourth-order valence-corrected chi connectivity index (χ4v) is 2.06. The SMILES string of the molecule is O=C(CCl)NNC(=O)[C@@H]1CC=C[C@@H]1C(Cl)Cl. The average molecular weight is 286 g/mol. The van der Waals surface area contributed by atoms with Gasteiger partial charge in [-0.1, -0.05) is 12.2 Å². The standard InChI is InChI=1S/C9H11Cl3N2O2/c10-4-7(15)13-14-9(16)6-3-1-2-5(6)8(11)12/h1-2,5-6,8H,3-4H2,(H,13,15)(H,14,16)/t5-,6+/m0/s1. The first-order valence-corrected chi connectivity index (χ1v) is 6.06. The third-order valence-corrected chi connectivity index (χ3v) is 3.11. The predicted octanol–water partition coefficient (Wildman–Crippen LogP) is 1.37. The lowest BCUT2D eigenvalue weighted by molar-refractivity contribution is -0.130. The number of halogens is 3. The number of hydrogen-bond donors (Lipinski definition) is 2. The second-order valence-corrected chi connectivity index (χ2v) is 4.78. The maximum absolute atomic E-state index is 11.7. The molecule has 1 rings (SSSR count). The summed E-state index contributed by atoms with van der Waals surface area (Å²) in [6.07, 6.45) is 4.21. The second kappa shape index (κ2) is 6.33. The molecule has 0 fully saturated rings. The Balaban J connectivity index is 2.45. The van der Waals surface area contributed by atoms with Crippen molar-refractivity contribution in [3.8, 4) is 0 Å². The number of amides is 2. The molecule has 0 aromatic heterocycles. The van der Waals surface area contributed by atoms with Crippen molar-refractivity contribution in [1.29, 1.82) is 0 Å². The Morgan fingerprint density at radius 1 is 1.38 bits per heavy atom. The zero-order valence-corrected chi connectivity index (χ0v) is 10.5. The molecule has 0 spiro atoms. The predicted molar refractivity (Wildman–Crippen MR) is 63.2 cm³/mol. The number of alkyl halides is 3. The van der Waals surface area contributed by atoms with Gasteiger partial charge in [-0.05, 0) is 6.42 Å². The highest BCUT2D eigenvalue weighted by atomic mass is 35.5. The Kier molecular flexibility index (Phi) is 5.38. The fourth-order valence-electron chi connectivity index (χ4n) is 1.47. The lowest BCUT2D eigenvalue weighted by Crippen LogP contribution is -2.46. The Morgan fingerprint density at radius 3 is 2.62 bits per heavy atom. The fraction of sp³-hybridized carbons (Fsp3) is 0.556. The van der Waals surface area contributed by atoms with E-state index in [1.807, 2.05) is 6.08 Å². The average Bonchev–Trinajstić information content (AvgIpc) is 2.74. The van der Waals surface area contributed by atoms with Gasteiger partial charge in [-0.25, -0.2) is 0 Å². The molecule has 0 heterocycles. The van der Waals surface area contributed by atoms with Gasteiger partial charge < -0.3 is 0 Å². The van der Waals surface area contributed by atoms with E-state index in [-0.39, 0.29) is 23.6 Å². The van der Waals surface area contributed by atoms with Crippen LogP contribution in [0.5, 0.6) is 0 Å². The van der Waals surface area contributed by atoms with E-state index in [0.29, 0.717) is 6.42 Å².